The van der Waals surface area contributed by atoms with Crippen molar-refractivity contribution in [3.05, 3.63) is 0 Å². The lowest BCUT2D eigenvalue weighted by molar-refractivity contribution is 0.163. The molecule has 2 amide bonds. The zero-order valence-corrected chi connectivity index (χ0v) is 12.4. The fourth-order valence-corrected chi connectivity index (χ4v) is 2.59. The average Bonchev–Trinajstić information content (AvgIpc) is 2.35. The molecule has 0 aromatic carbocycles. The first-order valence-electron chi connectivity index (χ1n) is 7.34. The van der Waals surface area contributed by atoms with Gasteiger partial charge in [-0.3, -0.25) is 0 Å². The molecule has 1 saturated heterocycles. The van der Waals surface area contributed by atoms with Crippen LogP contribution in [0.2, 0.25) is 0 Å². The van der Waals surface area contributed by atoms with Gasteiger partial charge in [-0.2, -0.15) is 0 Å². The van der Waals surface area contributed by atoms with Crippen molar-refractivity contribution in [2.24, 2.45) is 5.92 Å². The van der Waals surface area contributed by atoms with E-state index in [1.54, 1.807) is 0 Å². The highest BCUT2D eigenvalue weighted by atomic mass is 16.2. The number of piperidine rings is 1. The highest BCUT2D eigenvalue weighted by Crippen LogP contribution is 2.15. The fraction of sp³-hybridized carbons (Fsp3) is 0.929. The summed E-state index contributed by atoms with van der Waals surface area (Å²) in [6, 6.07) is 0.329. The molecule has 18 heavy (non-hydrogen) atoms. The Labute approximate surface area is 112 Å². The van der Waals surface area contributed by atoms with Crippen molar-refractivity contribution in [2.45, 2.75) is 46.6 Å². The summed E-state index contributed by atoms with van der Waals surface area (Å²) in [5.41, 5.74) is 0. The van der Waals surface area contributed by atoms with E-state index in [9.17, 15) is 4.79 Å². The molecule has 2 unspecified atom stereocenters. The maximum atomic E-state index is 12.1. The molecular formula is C14H29N3O. The standard InChI is InChI=1S/C14H29N3O/c1-5-16(6-2)11-13(4)15-14(18)17-9-7-8-12(3)10-17/h12-13H,5-11H2,1-4H3,(H,15,18). The van der Waals surface area contributed by atoms with E-state index in [1.165, 1.54) is 6.42 Å². The first-order chi connectivity index (χ1) is 8.56. The largest absolute Gasteiger partial charge is 0.334 e. The molecule has 1 heterocycles. The number of nitrogens with zero attached hydrogens (tertiary/aromatic N) is 2. The van der Waals surface area contributed by atoms with Crippen LogP contribution in [0.5, 0.6) is 0 Å². The van der Waals surface area contributed by atoms with Gasteiger partial charge in [0.15, 0.2) is 0 Å². The Morgan fingerprint density at radius 1 is 1.44 bits per heavy atom. The summed E-state index contributed by atoms with van der Waals surface area (Å²) >= 11 is 0. The summed E-state index contributed by atoms with van der Waals surface area (Å²) in [5.74, 6) is 0.641. The molecule has 2 atom stereocenters. The van der Waals surface area contributed by atoms with E-state index in [0.29, 0.717) is 5.92 Å². The number of hydrogen-bond donors (Lipinski definition) is 1. The van der Waals surface area contributed by atoms with Crippen LogP contribution < -0.4 is 5.32 Å². The number of urea groups is 1. The highest BCUT2D eigenvalue weighted by Gasteiger charge is 2.22. The smallest absolute Gasteiger partial charge is 0.317 e. The minimum Gasteiger partial charge on any atom is -0.334 e. The van der Waals surface area contributed by atoms with Crippen LogP contribution >= 0.6 is 0 Å². The van der Waals surface area contributed by atoms with Crippen molar-refractivity contribution in [1.29, 1.82) is 0 Å². The molecule has 0 bridgehead atoms. The van der Waals surface area contributed by atoms with Crippen LogP contribution in [0.15, 0.2) is 0 Å². The van der Waals surface area contributed by atoms with E-state index in [0.717, 1.165) is 39.1 Å². The van der Waals surface area contributed by atoms with Gasteiger partial charge in [0, 0.05) is 25.7 Å². The Kier molecular flexibility index (Phi) is 6.47. The second kappa shape index (κ2) is 7.62. The zero-order valence-electron chi connectivity index (χ0n) is 12.4. The molecule has 1 aliphatic rings. The third-order valence-corrected chi connectivity index (χ3v) is 3.74. The van der Waals surface area contributed by atoms with E-state index in [-0.39, 0.29) is 12.1 Å². The van der Waals surface area contributed by atoms with Crippen molar-refractivity contribution < 1.29 is 4.79 Å². The number of nitrogens with one attached hydrogen (secondary N) is 1. The quantitative estimate of drug-likeness (QED) is 0.817. The van der Waals surface area contributed by atoms with Gasteiger partial charge in [-0.15, -0.1) is 0 Å². The number of likely N-dealkylation sites (tertiary alicyclic amines) is 1. The lowest BCUT2D eigenvalue weighted by Crippen LogP contribution is -2.50. The Morgan fingerprint density at radius 3 is 2.67 bits per heavy atom. The van der Waals surface area contributed by atoms with Crippen LogP contribution in [0.4, 0.5) is 4.79 Å². The molecule has 1 fully saturated rings. The average molecular weight is 255 g/mol. The molecule has 106 valence electrons. The van der Waals surface area contributed by atoms with E-state index >= 15 is 0 Å². The summed E-state index contributed by atoms with van der Waals surface area (Å²) < 4.78 is 0. The Balaban J connectivity index is 2.34. The maximum absolute atomic E-state index is 12.1. The molecule has 1 rings (SSSR count). The lowest BCUT2D eigenvalue weighted by atomic mass is 10.0. The maximum Gasteiger partial charge on any atom is 0.317 e. The molecule has 0 spiro atoms. The third kappa shape index (κ3) is 4.84. The Morgan fingerprint density at radius 2 is 2.11 bits per heavy atom. The molecule has 0 saturated carbocycles. The van der Waals surface area contributed by atoms with Crippen LogP contribution in [0.3, 0.4) is 0 Å². The molecule has 0 aliphatic carbocycles. The Bertz CT molecular complexity index is 253. The minimum atomic E-state index is 0.112. The molecule has 4 nitrogen and oxygen atoms in total. The van der Waals surface area contributed by atoms with Crippen LogP contribution in [0.1, 0.15) is 40.5 Å². The van der Waals surface area contributed by atoms with Crippen molar-refractivity contribution in [3.63, 3.8) is 0 Å². The van der Waals surface area contributed by atoms with Crippen molar-refractivity contribution in [3.8, 4) is 0 Å². The number of hydrogen-bond acceptors (Lipinski definition) is 2. The van der Waals surface area contributed by atoms with E-state index in [4.69, 9.17) is 0 Å². The van der Waals surface area contributed by atoms with Gasteiger partial charge in [-0.05, 0) is 38.8 Å². The molecule has 0 radical (unpaired) electrons. The second-order valence-electron chi connectivity index (χ2n) is 5.53. The van der Waals surface area contributed by atoms with Gasteiger partial charge in [-0.25, -0.2) is 4.79 Å². The molecule has 1 aliphatic heterocycles. The van der Waals surface area contributed by atoms with Crippen LogP contribution in [0, 0.1) is 5.92 Å². The molecular weight excluding hydrogens is 226 g/mol. The van der Waals surface area contributed by atoms with Gasteiger partial charge in [-0.1, -0.05) is 20.8 Å². The van der Waals surface area contributed by atoms with E-state index < -0.39 is 0 Å². The predicted octanol–water partition coefficient (Wildman–Crippen LogP) is 2.16. The van der Waals surface area contributed by atoms with E-state index in [1.807, 2.05) is 4.90 Å². The summed E-state index contributed by atoms with van der Waals surface area (Å²) in [5, 5.41) is 3.11. The first kappa shape index (κ1) is 15.3. The molecule has 4 heteroatoms. The van der Waals surface area contributed by atoms with Crippen LogP contribution in [-0.2, 0) is 0 Å². The molecule has 1 N–H and O–H groups in total. The molecule has 0 aromatic rings. The number of carbonyl (C=O) groups is 1. The number of amides is 2. The second-order valence-corrected chi connectivity index (χ2v) is 5.53. The fourth-order valence-electron chi connectivity index (χ4n) is 2.59. The summed E-state index contributed by atoms with van der Waals surface area (Å²) in [6.45, 7) is 13.5. The first-order valence-corrected chi connectivity index (χ1v) is 7.34. The number of likely N-dealkylation sites (N-methyl/N-ethyl adjacent to an activating group) is 1. The monoisotopic (exact) mass is 255 g/mol. The Hall–Kier alpha value is -0.770. The summed E-state index contributed by atoms with van der Waals surface area (Å²) in [6.07, 6.45) is 2.39. The van der Waals surface area contributed by atoms with Crippen molar-refractivity contribution in [2.75, 3.05) is 32.7 Å². The third-order valence-electron chi connectivity index (χ3n) is 3.74. The number of rotatable bonds is 5. The summed E-state index contributed by atoms with van der Waals surface area (Å²) in [4.78, 5) is 16.4. The normalized spacial score (nSPS) is 22.1. The SMILES string of the molecule is CCN(CC)CC(C)NC(=O)N1CCCC(C)C1. The van der Waals surface area contributed by atoms with Gasteiger partial charge in [0.1, 0.15) is 0 Å². The van der Waals surface area contributed by atoms with Crippen LogP contribution in [-0.4, -0.2) is 54.6 Å². The van der Waals surface area contributed by atoms with Crippen molar-refractivity contribution >= 4 is 6.03 Å². The van der Waals surface area contributed by atoms with Gasteiger partial charge in [0.2, 0.25) is 0 Å². The topological polar surface area (TPSA) is 35.6 Å². The minimum absolute atomic E-state index is 0.112. The van der Waals surface area contributed by atoms with Crippen molar-refractivity contribution in [1.82, 2.24) is 15.1 Å². The number of carbonyl (C=O) groups excluding carboxylic acids is 1. The highest BCUT2D eigenvalue weighted by molar-refractivity contribution is 5.74. The lowest BCUT2D eigenvalue weighted by Gasteiger charge is -2.32. The van der Waals surface area contributed by atoms with Crippen LogP contribution in [0.25, 0.3) is 0 Å². The van der Waals surface area contributed by atoms with Gasteiger partial charge in [0.05, 0.1) is 0 Å². The zero-order chi connectivity index (χ0) is 13.5. The summed E-state index contributed by atoms with van der Waals surface area (Å²) in [7, 11) is 0. The van der Waals surface area contributed by atoms with E-state index in [2.05, 4.69) is 37.9 Å². The predicted molar refractivity (Wildman–Crippen MR) is 75.8 cm³/mol. The van der Waals surface area contributed by atoms with Gasteiger partial charge < -0.3 is 15.1 Å². The molecule has 0 aromatic heterocycles. The van der Waals surface area contributed by atoms with Gasteiger partial charge in [0.25, 0.3) is 0 Å². The van der Waals surface area contributed by atoms with Gasteiger partial charge >= 0.3 is 6.03 Å².